The average Bonchev–Trinajstić information content (AvgIpc) is 0.816. The summed E-state index contributed by atoms with van der Waals surface area (Å²) in [5.74, 6) is -9.56. The zero-order valence-electron chi connectivity index (χ0n) is 62.7. The van der Waals surface area contributed by atoms with Gasteiger partial charge in [-0.05, 0) is 106 Å². The second-order valence-electron chi connectivity index (χ2n) is 29.5. The zero-order valence-corrected chi connectivity index (χ0v) is 62.7. The molecule has 100 heavy (non-hydrogen) atoms. The SMILES string of the molecule is CC(C)CCOC[C@@H]1NC(=O)[C@H](CC(C)C)N(C)C(=O)CN(C)C(=O)[C@H]([C@@H](C)O)NC(=O)[C@H](CC(C)C)N(C)C(=O)[C@H](CC(C)C)NC(=O)[C@H](Cc2ccccc2)N(C)C(=O)[C@@H](C)NC(=O)C[C@@H](C(=O)N2CCCCC2)NC(=O)[C@H](CC(C)C)N(C)C(=O)[C@@H](Cc2ccccc2)N(C)C1=O. The lowest BCUT2D eigenvalue weighted by Gasteiger charge is -2.37. The molecule has 2 heterocycles. The van der Waals surface area contributed by atoms with Crippen LogP contribution in [0.5, 0.6) is 0 Å². The smallest absolute Gasteiger partial charge is 0.248 e. The van der Waals surface area contributed by atoms with Crippen molar-refractivity contribution in [2.45, 2.75) is 220 Å². The predicted octanol–water partition coefficient (Wildman–Crippen LogP) is 3.55. The number of benzene rings is 2. The van der Waals surface area contributed by atoms with Crippen LogP contribution >= 0.6 is 0 Å². The third-order valence-corrected chi connectivity index (χ3v) is 18.5. The molecule has 0 aliphatic carbocycles. The molecule has 2 aliphatic rings. The molecule has 0 bridgehead atoms. The molecule has 2 saturated heterocycles. The van der Waals surface area contributed by atoms with Gasteiger partial charge in [0.05, 0.1) is 25.7 Å². The maximum atomic E-state index is 15.5. The Balaban J connectivity index is 1.96. The van der Waals surface area contributed by atoms with Crippen LogP contribution in [0.1, 0.15) is 152 Å². The molecular weight excluding hydrogens is 1280 g/mol. The van der Waals surface area contributed by atoms with Crippen LogP contribution in [-0.2, 0) is 75.1 Å². The van der Waals surface area contributed by atoms with Crippen LogP contribution in [0.15, 0.2) is 60.7 Å². The van der Waals surface area contributed by atoms with E-state index < -0.39 is 150 Å². The zero-order chi connectivity index (χ0) is 75.0. The Morgan fingerprint density at radius 3 is 1.41 bits per heavy atom. The van der Waals surface area contributed by atoms with E-state index in [4.69, 9.17) is 4.74 Å². The van der Waals surface area contributed by atoms with Crippen molar-refractivity contribution >= 4 is 70.9 Å². The van der Waals surface area contributed by atoms with E-state index in [1.165, 1.54) is 75.7 Å². The quantitative estimate of drug-likeness (QED) is 0.110. The summed E-state index contributed by atoms with van der Waals surface area (Å²) in [7, 11) is 8.31. The number of ether oxygens (including phenoxy) is 1. The van der Waals surface area contributed by atoms with Crippen LogP contribution in [0.2, 0.25) is 0 Å². The molecule has 2 fully saturated rings. The Kier molecular flexibility index (Phi) is 34.1. The van der Waals surface area contributed by atoms with Gasteiger partial charge in [0.2, 0.25) is 70.9 Å². The Bertz CT molecular complexity index is 3050. The van der Waals surface area contributed by atoms with Crippen molar-refractivity contribution in [3.8, 4) is 0 Å². The van der Waals surface area contributed by atoms with E-state index in [1.807, 2.05) is 69.2 Å². The maximum absolute atomic E-state index is 15.5. The number of rotatable bonds is 19. The Labute approximate surface area is 593 Å². The molecule has 6 N–H and O–H groups in total. The number of likely N-dealkylation sites (tertiary alicyclic amines) is 1. The molecule has 26 nitrogen and oxygen atoms in total. The normalized spacial score (nSPS) is 25.0. The number of hydrogen-bond acceptors (Lipinski definition) is 14. The lowest BCUT2D eigenvalue weighted by molar-refractivity contribution is -0.151. The van der Waals surface area contributed by atoms with Gasteiger partial charge in [-0.1, -0.05) is 130 Å². The minimum absolute atomic E-state index is 0.0497. The highest BCUT2D eigenvalue weighted by Crippen LogP contribution is 2.23. The van der Waals surface area contributed by atoms with E-state index in [1.54, 1.807) is 65.6 Å². The monoisotopic (exact) mass is 1400 g/mol. The van der Waals surface area contributed by atoms with Gasteiger partial charge in [-0.3, -0.25) is 57.5 Å². The van der Waals surface area contributed by atoms with Crippen LogP contribution in [0.25, 0.3) is 0 Å². The fourth-order valence-corrected chi connectivity index (χ4v) is 12.5. The minimum Gasteiger partial charge on any atom is -0.391 e. The second kappa shape index (κ2) is 40.4. The highest BCUT2D eigenvalue weighted by Gasteiger charge is 2.43. The first-order valence-electron chi connectivity index (χ1n) is 35.7. The van der Waals surface area contributed by atoms with Gasteiger partial charge in [0.15, 0.2) is 0 Å². The number of hydrogen-bond donors (Lipinski definition) is 6. The maximum Gasteiger partial charge on any atom is 0.248 e. The Morgan fingerprint density at radius 1 is 0.480 bits per heavy atom. The number of nitrogens with one attached hydrogen (secondary N) is 5. The fraction of sp³-hybridized carbons (Fsp3) is 0.676. The van der Waals surface area contributed by atoms with Gasteiger partial charge >= 0.3 is 0 Å². The van der Waals surface area contributed by atoms with Crippen molar-refractivity contribution in [1.82, 2.24) is 60.9 Å². The molecular formula is C74H118N12O14. The van der Waals surface area contributed by atoms with E-state index in [2.05, 4.69) is 26.6 Å². The molecule has 0 saturated carbocycles. The summed E-state index contributed by atoms with van der Waals surface area (Å²) in [6.45, 7) is 21.3. The molecule has 12 amide bonds. The fourth-order valence-electron chi connectivity index (χ4n) is 12.5. The summed E-state index contributed by atoms with van der Waals surface area (Å²) in [4.78, 5) is 187. The molecule has 558 valence electrons. The summed E-state index contributed by atoms with van der Waals surface area (Å²) >= 11 is 0. The van der Waals surface area contributed by atoms with Gasteiger partial charge in [-0.2, -0.15) is 0 Å². The number of amides is 12. The first kappa shape index (κ1) is 84.4. The van der Waals surface area contributed by atoms with E-state index in [-0.39, 0.29) is 81.3 Å². The summed E-state index contributed by atoms with van der Waals surface area (Å²) in [5.41, 5.74) is 1.29. The standard InChI is InChI=1S/C74H118N12O14/c1-45(2)32-35-100-44-56-71(96)85(18)61(41-53-30-24-20-25-31-53)73(98)84(17)58(38-48(7)8)66(91)77-55(72(97)86-33-26-21-27-34-86)42-62(88)75-50(11)69(94)82(15)60(40-52-28-22-19-23-29-52)67(92)76-54(36-46(3)4)70(95)83(16)59(39-49(9)10)68(93)79-64(51(12)87)74(99)80(13)43-63(89)81(14)57(37-47(5)6)65(90)78-56/h19-20,22-25,28-31,45-51,54-61,64,87H,21,26-27,32-44H2,1-18H3,(H,75,88)(H,76,92)(H,77,91)(H,78,90)(H,79,93)/t50-,51-,54+,55+,56+,57+,58+,59+,60+,61-,64+/m1/s1. The molecule has 0 spiro atoms. The van der Waals surface area contributed by atoms with Gasteiger partial charge in [0.25, 0.3) is 0 Å². The van der Waals surface area contributed by atoms with E-state index in [0.29, 0.717) is 43.5 Å². The van der Waals surface area contributed by atoms with E-state index in [9.17, 15) is 43.5 Å². The minimum atomic E-state index is -1.66. The molecule has 0 unspecified atom stereocenters. The van der Waals surface area contributed by atoms with Crippen LogP contribution in [-0.4, -0.2) is 252 Å². The second-order valence-corrected chi connectivity index (χ2v) is 29.5. The van der Waals surface area contributed by atoms with Crippen molar-refractivity contribution < 1.29 is 67.4 Å². The first-order chi connectivity index (χ1) is 46.9. The molecule has 26 heteroatoms. The van der Waals surface area contributed by atoms with Crippen molar-refractivity contribution in [1.29, 1.82) is 0 Å². The summed E-state index contributed by atoms with van der Waals surface area (Å²) in [6, 6.07) is 4.07. The third-order valence-electron chi connectivity index (χ3n) is 18.5. The van der Waals surface area contributed by atoms with Crippen molar-refractivity contribution in [2.75, 3.05) is 75.1 Å². The van der Waals surface area contributed by atoms with Gasteiger partial charge in [-0.25, -0.2) is 0 Å². The summed E-state index contributed by atoms with van der Waals surface area (Å²) in [5, 5.41) is 25.2. The van der Waals surface area contributed by atoms with Crippen LogP contribution < -0.4 is 26.6 Å². The Hall–Kier alpha value is -8.00. The van der Waals surface area contributed by atoms with E-state index >= 15 is 19.2 Å². The Morgan fingerprint density at radius 2 is 0.910 bits per heavy atom. The lowest BCUT2D eigenvalue weighted by atomic mass is 9.97. The van der Waals surface area contributed by atoms with Gasteiger partial charge in [-0.15, -0.1) is 0 Å². The average molecular weight is 1400 g/mol. The molecule has 0 aromatic heterocycles. The molecule has 2 aromatic rings. The van der Waals surface area contributed by atoms with Gasteiger partial charge in [0.1, 0.15) is 60.4 Å². The highest BCUT2D eigenvalue weighted by atomic mass is 16.5. The van der Waals surface area contributed by atoms with E-state index in [0.717, 1.165) is 16.2 Å². The van der Waals surface area contributed by atoms with Gasteiger partial charge < -0.3 is 70.7 Å². The summed E-state index contributed by atoms with van der Waals surface area (Å²) in [6.07, 6.45) is 0.769. The third kappa shape index (κ3) is 25.6. The lowest BCUT2D eigenvalue weighted by Crippen LogP contribution is -2.62. The number of nitrogens with zero attached hydrogens (tertiary/aromatic N) is 7. The van der Waals surface area contributed by atoms with Crippen molar-refractivity contribution in [2.24, 2.45) is 29.6 Å². The topological polar surface area (TPSA) is 317 Å². The first-order valence-corrected chi connectivity index (χ1v) is 35.7. The van der Waals surface area contributed by atoms with Crippen molar-refractivity contribution in [3.05, 3.63) is 71.8 Å². The highest BCUT2D eigenvalue weighted by molar-refractivity contribution is 6.00. The van der Waals surface area contributed by atoms with Crippen molar-refractivity contribution in [3.63, 3.8) is 0 Å². The molecule has 11 atom stereocenters. The van der Waals surface area contributed by atoms with Crippen LogP contribution in [0.3, 0.4) is 0 Å². The molecule has 4 rings (SSSR count). The number of piperidine rings is 1. The number of carbonyl (C=O) groups excluding carboxylic acids is 12. The molecule has 2 aliphatic heterocycles. The summed E-state index contributed by atoms with van der Waals surface area (Å²) < 4.78 is 6.11. The number of likely N-dealkylation sites (N-methyl/N-ethyl adjacent to an activating group) is 6. The largest absolute Gasteiger partial charge is 0.391 e. The predicted molar refractivity (Wildman–Crippen MR) is 381 cm³/mol. The van der Waals surface area contributed by atoms with Gasteiger partial charge in [0, 0.05) is 74.8 Å². The number of carbonyl (C=O) groups is 12. The molecule has 0 radical (unpaired) electrons. The van der Waals surface area contributed by atoms with Crippen LogP contribution in [0, 0.1) is 29.6 Å². The van der Waals surface area contributed by atoms with Crippen LogP contribution in [0.4, 0.5) is 0 Å². The number of aliphatic hydroxyl groups is 1. The number of aliphatic hydroxyl groups excluding tert-OH is 1. The molecule has 2 aromatic carbocycles.